The van der Waals surface area contributed by atoms with Crippen molar-refractivity contribution in [1.29, 1.82) is 0 Å². The van der Waals surface area contributed by atoms with Crippen LogP contribution in [0.5, 0.6) is 5.75 Å². The van der Waals surface area contributed by atoms with Gasteiger partial charge in [0.2, 0.25) is 0 Å². The average Bonchev–Trinajstić information content (AvgIpc) is 2.38. The Kier molecular flexibility index (Phi) is 5.14. The minimum absolute atomic E-state index is 0.359. The fraction of sp³-hybridized carbons (Fsp3) is 0.500. The van der Waals surface area contributed by atoms with E-state index in [2.05, 4.69) is 13.8 Å². The zero-order chi connectivity index (χ0) is 12.9. The van der Waals surface area contributed by atoms with Crippen LogP contribution in [0.3, 0.4) is 0 Å². The highest BCUT2D eigenvalue weighted by atomic mass is 28.4. The van der Waals surface area contributed by atoms with Gasteiger partial charge in [0.05, 0.1) is 0 Å². The zero-order valence-electron chi connectivity index (χ0n) is 10.8. The molecule has 1 rings (SSSR count). The highest BCUT2D eigenvalue weighted by molar-refractivity contribution is 6.52. The van der Waals surface area contributed by atoms with Gasteiger partial charge in [-0.1, -0.05) is 32.0 Å². The van der Waals surface area contributed by atoms with Gasteiger partial charge >= 0.3 is 9.05 Å². The van der Waals surface area contributed by atoms with Gasteiger partial charge in [0, 0.05) is 14.2 Å². The Morgan fingerprint density at radius 1 is 1.24 bits per heavy atom. The lowest BCUT2D eigenvalue weighted by Gasteiger charge is -2.23. The minimum Gasteiger partial charge on any atom is -0.480 e. The van der Waals surface area contributed by atoms with Crippen molar-refractivity contribution < 1.29 is 18.1 Å². The van der Waals surface area contributed by atoms with E-state index in [1.54, 1.807) is 0 Å². The van der Waals surface area contributed by atoms with Crippen molar-refractivity contribution >= 4 is 9.05 Å². The van der Waals surface area contributed by atoms with Crippen molar-refractivity contribution in [1.82, 2.24) is 0 Å². The maximum absolute atomic E-state index is 9.93. The summed E-state index contributed by atoms with van der Waals surface area (Å²) in [4.78, 5) is 9.93. The predicted molar refractivity (Wildman–Crippen MR) is 67.8 cm³/mol. The Balaban J connectivity index is 2.98. The van der Waals surface area contributed by atoms with E-state index in [4.69, 9.17) is 13.3 Å². The molecule has 0 saturated carbocycles. The molecular weight excluding hydrogens is 236 g/mol. The standard InChI is InChI=1S/C12H20O4Si/c1-5-10(2)11-8-6-7-9-12(11)16-17(13,14-3)15-4/h6-10,13H,5H2,1-4H3. The molecule has 0 heterocycles. The number of rotatable bonds is 6. The van der Waals surface area contributed by atoms with Crippen LogP contribution in [0.15, 0.2) is 24.3 Å². The van der Waals surface area contributed by atoms with E-state index in [0.29, 0.717) is 11.7 Å². The number of para-hydroxylation sites is 1. The van der Waals surface area contributed by atoms with Gasteiger partial charge in [-0.05, 0) is 24.0 Å². The molecule has 0 radical (unpaired) electrons. The van der Waals surface area contributed by atoms with Crippen LogP contribution in [0.2, 0.25) is 0 Å². The summed E-state index contributed by atoms with van der Waals surface area (Å²) in [7, 11) is -0.775. The van der Waals surface area contributed by atoms with E-state index in [1.165, 1.54) is 14.2 Å². The molecule has 0 aliphatic carbocycles. The molecule has 0 bridgehead atoms. The van der Waals surface area contributed by atoms with Crippen molar-refractivity contribution in [3.05, 3.63) is 29.8 Å². The van der Waals surface area contributed by atoms with Gasteiger partial charge < -0.3 is 18.1 Å². The highest BCUT2D eigenvalue weighted by Crippen LogP contribution is 2.29. The first-order valence-electron chi connectivity index (χ1n) is 5.67. The van der Waals surface area contributed by atoms with Crippen molar-refractivity contribution in [2.24, 2.45) is 0 Å². The lowest BCUT2D eigenvalue weighted by atomic mass is 9.98. The molecule has 5 heteroatoms. The fourth-order valence-corrected chi connectivity index (χ4v) is 2.30. The third-order valence-corrected chi connectivity index (χ3v) is 4.33. The van der Waals surface area contributed by atoms with Gasteiger partial charge in [-0.25, -0.2) is 0 Å². The second-order valence-corrected chi connectivity index (χ2v) is 5.95. The molecule has 0 aliphatic rings. The lowest BCUT2D eigenvalue weighted by molar-refractivity contribution is 0.0725. The van der Waals surface area contributed by atoms with Gasteiger partial charge in [0.25, 0.3) is 0 Å². The van der Waals surface area contributed by atoms with E-state index in [1.807, 2.05) is 24.3 Å². The maximum atomic E-state index is 9.93. The molecule has 0 spiro atoms. The summed E-state index contributed by atoms with van der Waals surface area (Å²) in [6.45, 7) is 4.22. The molecule has 1 unspecified atom stereocenters. The van der Waals surface area contributed by atoms with Crippen molar-refractivity contribution in [2.45, 2.75) is 26.2 Å². The van der Waals surface area contributed by atoms with E-state index in [0.717, 1.165) is 12.0 Å². The predicted octanol–water partition coefficient (Wildman–Crippen LogP) is 2.30. The van der Waals surface area contributed by atoms with Crippen LogP contribution >= 0.6 is 0 Å². The number of benzene rings is 1. The highest BCUT2D eigenvalue weighted by Gasteiger charge is 2.42. The normalized spacial score (nSPS) is 13.5. The van der Waals surface area contributed by atoms with Crippen LogP contribution in [0, 0.1) is 0 Å². The summed E-state index contributed by atoms with van der Waals surface area (Å²) in [6, 6.07) is 7.62. The van der Waals surface area contributed by atoms with Gasteiger partial charge in [-0.15, -0.1) is 0 Å². The number of hydrogen-bond donors (Lipinski definition) is 1. The molecule has 0 aromatic heterocycles. The number of hydrogen-bond acceptors (Lipinski definition) is 4. The Bertz CT molecular complexity index is 352. The quantitative estimate of drug-likeness (QED) is 0.793. The maximum Gasteiger partial charge on any atom is 0.746 e. The first-order chi connectivity index (χ1) is 8.06. The van der Waals surface area contributed by atoms with Crippen molar-refractivity contribution in [3.63, 3.8) is 0 Å². The van der Waals surface area contributed by atoms with Crippen LogP contribution in [0.1, 0.15) is 31.7 Å². The molecule has 1 N–H and O–H groups in total. The van der Waals surface area contributed by atoms with Crippen LogP contribution in [-0.2, 0) is 8.85 Å². The second kappa shape index (κ2) is 6.16. The van der Waals surface area contributed by atoms with Crippen molar-refractivity contribution in [2.75, 3.05) is 14.2 Å². The van der Waals surface area contributed by atoms with Gasteiger partial charge in [0.1, 0.15) is 5.75 Å². The Labute approximate surface area is 104 Å². The van der Waals surface area contributed by atoms with E-state index < -0.39 is 9.05 Å². The fourth-order valence-electron chi connectivity index (χ4n) is 1.51. The van der Waals surface area contributed by atoms with Gasteiger partial charge in [0.15, 0.2) is 0 Å². The Hall–Kier alpha value is -0.883. The van der Waals surface area contributed by atoms with E-state index in [-0.39, 0.29) is 0 Å². The summed E-state index contributed by atoms with van der Waals surface area (Å²) in [5, 5.41) is 0. The summed E-state index contributed by atoms with van der Waals surface area (Å²) >= 11 is 0. The molecule has 1 atom stereocenters. The molecule has 0 amide bonds. The van der Waals surface area contributed by atoms with Crippen molar-refractivity contribution in [3.8, 4) is 5.75 Å². The summed E-state index contributed by atoms with van der Waals surface area (Å²) in [5.74, 6) is 0.984. The monoisotopic (exact) mass is 256 g/mol. The third kappa shape index (κ3) is 3.54. The zero-order valence-corrected chi connectivity index (χ0v) is 11.8. The second-order valence-electron chi connectivity index (χ2n) is 3.88. The Morgan fingerprint density at radius 3 is 2.35 bits per heavy atom. The summed E-state index contributed by atoms with van der Waals surface area (Å²) in [6.07, 6.45) is 1.00. The molecule has 1 aromatic rings. The van der Waals surface area contributed by atoms with Crippen LogP contribution < -0.4 is 4.43 Å². The molecule has 0 fully saturated rings. The van der Waals surface area contributed by atoms with Gasteiger partial charge in [-0.3, -0.25) is 0 Å². The van der Waals surface area contributed by atoms with E-state index in [9.17, 15) is 4.80 Å². The molecule has 17 heavy (non-hydrogen) atoms. The molecule has 4 nitrogen and oxygen atoms in total. The average molecular weight is 256 g/mol. The van der Waals surface area contributed by atoms with Crippen LogP contribution in [0.4, 0.5) is 0 Å². The summed E-state index contributed by atoms with van der Waals surface area (Å²) in [5.41, 5.74) is 1.05. The SMILES string of the molecule is CCC(C)c1ccccc1O[Si](O)(OC)OC. The molecule has 1 aromatic carbocycles. The molecular formula is C12H20O4Si. The molecule has 0 aliphatic heterocycles. The van der Waals surface area contributed by atoms with Gasteiger partial charge in [-0.2, -0.15) is 0 Å². The third-order valence-electron chi connectivity index (χ3n) is 2.82. The minimum atomic E-state index is -3.53. The van der Waals surface area contributed by atoms with E-state index >= 15 is 0 Å². The Morgan fingerprint density at radius 2 is 1.82 bits per heavy atom. The summed E-state index contributed by atoms with van der Waals surface area (Å²) < 4.78 is 15.3. The first-order valence-corrected chi connectivity index (χ1v) is 7.34. The molecule has 0 saturated heterocycles. The molecule has 96 valence electrons. The lowest BCUT2D eigenvalue weighted by Crippen LogP contribution is -2.47. The largest absolute Gasteiger partial charge is 0.746 e. The van der Waals surface area contributed by atoms with Crippen LogP contribution in [0.25, 0.3) is 0 Å². The van der Waals surface area contributed by atoms with Crippen LogP contribution in [-0.4, -0.2) is 28.1 Å². The smallest absolute Gasteiger partial charge is 0.480 e. The first kappa shape index (κ1) is 14.2. The topological polar surface area (TPSA) is 47.9 Å².